The second kappa shape index (κ2) is 36.0. The molecule has 0 saturated carbocycles. The van der Waals surface area contributed by atoms with E-state index in [4.69, 9.17) is 40.0 Å². The molecule has 0 aliphatic carbocycles. The summed E-state index contributed by atoms with van der Waals surface area (Å²) in [6.45, 7) is 24.1. The van der Waals surface area contributed by atoms with Crippen molar-refractivity contribution in [3.8, 4) is 33.4 Å². The number of hydrogen-bond acceptors (Lipinski definition) is 21. The van der Waals surface area contributed by atoms with E-state index in [1.807, 2.05) is 37.8 Å². The summed E-state index contributed by atoms with van der Waals surface area (Å²) in [6, 6.07) is 20.7. The maximum atomic E-state index is 15.1. The topological polar surface area (TPSA) is 231 Å². The Balaban J connectivity index is 0.000000148. The molecule has 3 atom stereocenters. The van der Waals surface area contributed by atoms with Crippen molar-refractivity contribution in [3.63, 3.8) is 0 Å². The zero-order chi connectivity index (χ0) is 80.1. The average Bonchev–Trinajstić information content (AvgIpc) is 0.885. The molecule has 15 rings (SSSR count). The van der Waals surface area contributed by atoms with Crippen molar-refractivity contribution in [1.82, 2.24) is 43.4 Å². The molecule has 9 aromatic rings. The van der Waals surface area contributed by atoms with E-state index in [1.54, 1.807) is 90.4 Å². The molecule has 6 aliphatic heterocycles. The summed E-state index contributed by atoms with van der Waals surface area (Å²) in [5, 5.41) is 2.51. The summed E-state index contributed by atoms with van der Waals surface area (Å²) < 4.78 is 94.4. The molecular weight excluding hydrogens is 1540 g/mol. The molecule has 113 heavy (non-hydrogen) atoms. The molecule has 0 spiro atoms. The van der Waals surface area contributed by atoms with E-state index in [9.17, 15) is 41.9 Å². The van der Waals surface area contributed by atoms with Crippen LogP contribution in [0.3, 0.4) is 0 Å². The van der Waals surface area contributed by atoms with Crippen molar-refractivity contribution in [1.29, 1.82) is 0 Å². The normalized spacial score (nSPS) is 17.6. The van der Waals surface area contributed by atoms with Crippen LogP contribution in [0, 0.1) is 44.0 Å². The van der Waals surface area contributed by atoms with Crippen molar-refractivity contribution >= 4 is 115 Å². The van der Waals surface area contributed by atoms with Gasteiger partial charge in [-0.05, 0) is 121 Å². The Labute approximate surface area is 666 Å². The SMILES string of the molecule is C=CC(=O)N1CCN(c2nc(=O)n3c4c(c(-c5ccc(F)c(Cl)c5)c(C)cc24)SCC(OCOC)C3)CC1.C=CC(=O)N1CCN(c2nc(=O)n3c4c(c(-c5ccc(F)cc5)c(C)cc24)SCC(OCOC)C3)CC1.C=CC(=O)N1CCN(c2nc(=O)n3c4c(c(-c5ccc(F)cc5F)c(C)cc24)SCC(OCOC)C3)CC1. The van der Waals surface area contributed by atoms with Crippen LogP contribution in [0.25, 0.3) is 66.1 Å². The summed E-state index contributed by atoms with van der Waals surface area (Å²) in [5.74, 6) is 0.983. The quantitative estimate of drug-likeness (QED) is 0.0441. The van der Waals surface area contributed by atoms with E-state index in [1.165, 1.54) is 67.4 Å². The summed E-state index contributed by atoms with van der Waals surface area (Å²) in [7, 11) is 4.65. The minimum absolute atomic E-state index is 0.0360. The van der Waals surface area contributed by atoms with Gasteiger partial charge in [0.25, 0.3) is 0 Å². The van der Waals surface area contributed by atoms with Gasteiger partial charge in [-0.25, -0.2) is 31.9 Å². The lowest BCUT2D eigenvalue weighted by Gasteiger charge is -2.35. The molecular formula is C81H85ClF4N12O12S3. The van der Waals surface area contributed by atoms with Crippen LogP contribution in [0.4, 0.5) is 35.0 Å². The fourth-order valence-electron chi connectivity index (χ4n) is 15.1. The summed E-state index contributed by atoms with van der Waals surface area (Å²) >= 11 is 10.8. The molecule has 6 aliphatic rings. The number of ether oxygens (including phenoxy) is 6. The third kappa shape index (κ3) is 17.2. The summed E-state index contributed by atoms with van der Waals surface area (Å²) in [6.07, 6.45) is 3.07. The molecule has 3 unspecified atom stereocenters. The highest BCUT2D eigenvalue weighted by atomic mass is 35.5. The molecule has 0 N–H and O–H groups in total. The number of carbonyl (C=O) groups is 3. The number of rotatable bonds is 18. The minimum Gasteiger partial charge on any atom is -0.359 e. The number of anilines is 3. The Hall–Kier alpha value is -9.41. The maximum absolute atomic E-state index is 15.1. The summed E-state index contributed by atoms with van der Waals surface area (Å²) in [5.41, 5.74) is 8.15. The van der Waals surface area contributed by atoms with Crippen LogP contribution in [0.2, 0.25) is 5.02 Å². The molecule has 3 saturated heterocycles. The number of thioether (sulfide) groups is 3. The second-order valence-electron chi connectivity index (χ2n) is 27.7. The van der Waals surface area contributed by atoms with Gasteiger partial charge in [0.1, 0.15) is 61.1 Å². The fraction of sp³-hybridized carbons (Fsp3) is 0.370. The Morgan fingerprint density at radius 1 is 0.451 bits per heavy atom. The Kier molecular flexibility index (Phi) is 26.0. The van der Waals surface area contributed by atoms with E-state index in [0.29, 0.717) is 137 Å². The van der Waals surface area contributed by atoms with E-state index < -0.39 is 23.1 Å². The van der Waals surface area contributed by atoms with Crippen LogP contribution in [-0.4, -0.2) is 217 Å². The van der Waals surface area contributed by atoms with Crippen LogP contribution in [-0.2, 0) is 62.4 Å². The van der Waals surface area contributed by atoms with Crippen molar-refractivity contribution < 1.29 is 60.4 Å². The predicted molar refractivity (Wildman–Crippen MR) is 433 cm³/mol. The van der Waals surface area contributed by atoms with Gasteiger partial charge in [-0.2, -0.15) is 15.0 Å². The molecule has 0 radical (unpaired) electrons. The number of benzene rings is 6. The van der Waals surface area contributed by atoms with E-state index >= 15 is 4.39 Å². The van der Waals surface area contributed by atoms with Gasteiger partial charge >= 0.3 is 17.1 Å². The highest BCUT2D eigenvalue weighted by molar-refractivity contribution is 8.00. The first kappa shape index (κ1) is 81.6. The molecule has 3 fully saturated rings. The zero-order valence-corrected chi connectivity index (χ0v) is 66.5. The molecule has 0 bridgehead atoms. The number of amides is 3. The average molecular weight is 1630 g/mol. The first-order valence-corrected chi connectivity index (χ1v) is 40.0. The van der Waals surface area contributed by atoms with Gasteiger partial charge in [0, 0.05) is 176 Å². The van der Waals surface area contributed by atoms with Gasteiger partial charge in [0.05, 0.1) is 59.5 Å². The first-order valence-electron chi connectivity index (χ1n) is 36.7. The number of piperazine rings is 3. The highest BCUT2D eigenvalue weighted by Gasteiger charge is 2.35. The molecule has 6 aromatic carbocycles. The number of aryl methyl sites for hydroxylation is 3. The maximum Gasteiger partial charge on any atom is 0.350 e. The highest BCUT2D eigenvalue weighted by Crippen LogP contribution is 2.48. The van der Waals surface area contributed by atoms with Crippen molar-refractivity contribution in [2.75, 3.05) is 152 Å². The van der Waals surface area contributed by atoms with Gasteiger partial charge in [-0.3, -0.25) is 28.1 Å². The van der Waals surface area contributed by atoms with Gasteiger partial charge in [0.15, 0.2) is 0 Å². The lowest BCUT2D eigenvalue weighted by Crippen LogP contribution is -2.49. The van der Waals surface area contributed by atoms with E-state index in [-0.39, 0.29) is 90.7 Å². The van der Waals surface area contributed by atoms with Gasteiger partial charge in [-0.15, -0.1) is 35.3 Å². The smallest absolute Gasteiger partial charge is 0.350 e. The lowest BCUT2D eigenvalue weighted by molar-refractivity contribution is -0.127. The lowest BCUT2D eigenvalue weighted by atomic mass is 9.97. The zero-order valence-electron chi connectivity index (χ0n) is 63.3. The fourth-order valence-corrected chi connectivity index (χ4v) is 19.3. The van der Waals surface area contributed by atoms with Crippen LogP contribution in [0.15, 0.2) is 146 Å². The van der Waals surface area contributed by atoms with Gasteiger partial charge < -0.3 is 57.8 Å². The van der Waals surface area contributed by atoms with Gasteiger partial charge in [-0.1, -0.05) is 49.5 Å². The molecule has 9 heterocycles. The molecule has 24 nitrogen and oxygen atoms in total. The Morgan fingerprint density at radius 2 is 0.788 bits per heavy atom. The van der Waals surface area contributed by atoms with Crippen molar-refractivity contribution in [2.45, 2.75) is 73.4 Å². The van der Waals surface area contributed by atoms with Crippen molar-refractivity contribution in [3.05, 3.63) is 193 Å². The third-order valence-electron chi connectivity index (χ3n) is 20.6. The van der Waals surface area contributed by atoms with Crippen LogP contribution in [0.1, 0.15) is 16.7 Å². The van der Waals surface area contributed by atoms with E-state index in [0.717, 1.165) is 86.9 Å². The molecule has 3 aromatic heterocycles. The number of aromatic nitrogens is 6. The molecule has 3 amide bonds. The second-order valence-corrected chi connectivity index (χ2v) is 31.2. The summed E-state index contributed by atoms with van der Waals surface area (Å²) in [4.78, 5) is 104. The first-order chi connectivity index (χ1) is 54.5. The van der Waals surface area contributed by atoms with Crippen molar-refractivity contribution in [2.24, 2.45) is 0 Å². The van der Waals surface area contributed by atoms with Crippen LogP contribution >= 0.6 is 46.9 Å². The van der Waals surface area contributed by atoms with Gasteiger partial charge in [0.2, 0.25) is 17.7 Å². The monoisotopic (exact) mass is 1620 g/mol. The number of halogens is 5. The third-order valence-corrected chi connectivity index (χ3v) is 24.6. The van der Waals surface area contributed by atoms with Crippen LogP contribution in [0.5, 0.6) is 0 Å². The number of hydrogen-bond donors (Lipinski definition) is 0. The Bertz CT molecular complexity index is 5380. The van der Waals surface area contributed by atoms with Crippen LogP contribution < -0.4 is 31.8 Å². The standard InChI is InChI=1S/C27H28ClFN4O4S.C27H28F2N4O4S.C27H29FN4O4S/c1-4-22(34)31-7-9-32(10-8-31)26-19-11-16(2)23(17-5-6-21(29)20(28)12-17)25-24(19)33(27(35)30-26)13-18(14-38-25)37-15-36-3;1-4-22(34)31-7-9-32(10-8-31)26-20-11-16(2)23(19-6-5-17(28)12-21(19)29)25-24(20)33(27(35)30-26)13-18(14-38-25)37-15-36-3;1-4-22(33)30-9-11-31(12-10-30)26-21-13-17(2)23(18-5-7-19(28)8-6-18)25-24(21)32(27(34)29-26)14-20(15-37-25)36-16-35-3/h2*4-6,11-12,18H,1,7-10,13-15H2,2-3H3;4-8,13,20H,1,9-12,14-16H2,2-3H3. The number of nitrogens with zero attached hydrogens (tertiary/aromatic N) is 12. The molecule has 594 valence electrons. The van der Waals surface area contributed by atoms with E-state index in [2.05, 4.69) is 50.6 Å². The minimum atomic E-state index is -0.674. The largest absolute Gasteiger partial charge is 0.359 e. The number of methoxy groups -OCH3 is 3. The predicted octanol–water partition coefficient (Wildman–Crippen LogP) is 11.1. The molecule has 32 heteroatoms. The number of carbonyl (C=O) groups excluding carboxylic acids is 3. The Morgan fingerprint density at radius 3 is 1.13 bits per heavy atom.